The lowest BCUT2D eigenvalue weighted by Crippen LogP contribution is -2.38. The van der Waals surface area contributed by atoms with Gasteiger partial charge in [0.2, 0.25) is 0 Å². The zero-order valence-corrected chi connectivity index (χ0v) is 15.0. The summed E-state index contributed by atoms with van der Waals surface area (Å²) in [5.41, 5.74) is 0.312. The number of aromatic amines is 1. The summed E-state index contributed by atoms with van der Waals surface area (Å²) in [6.07, 6.45) is 1.47. The van der Waals surface area contributed by atoms with Crippen LogP contribution in [0.25, 0.3) is 0 Å². The van der Waals surface area contributed by atoms with E-state index in [-0.39, 0.29) is 12.1 Å². The van der Waals surface area contributed by atoms with Crippen LogP contribution in [-0.4, -0.2) is 29.4 Å². The standard InChI is InChI=1S/C12H10BF4N3O2.2C2H6/c14-12(15,13(16)17)22-10-4-2-1-3-9(10)11(21)18-7-8-5-6-19-20-8;2*1-2/h1-6H,7H2,(H,18,21)(H,19,20);2*1-2H3. The number of halogens is 4. The molecule has 0 unspecified atom stereocenters. The fourth-order valence-electron chi connectivity index (χ4n) is 1.59. The Morgan fingerprint density at radius 2 is 1.81 bits per heavy atom. The first-order valence-electron chi connectivity index (χ1n) is 8.10. The molecular formula is C16H22BF4N3O2. The Balaban J connectivity index is 0.00000146. The minimum atomic E-state index is -4.68. The molecule has 26 heavy (non-hydrogen) atoms. The van der Waals surface area contributed by atoms with Gasteiger partial charge in [0.1, 0.15) is 5.75 Å². The minimum absolute atomic E-state index is 0.0679. The van der Waals surface area contributed by atoms with Gasteiger partial charge in [-0.25, -0.2) is 0 Å². The topological polar surface area (TPSA) is 67.0 Å². The molecule has 1 aromatic carbocycles. The molecule has 0 aliphatic heterocycles. The molecule has 0 bridgehead atoms. The summed E-state index contributed by atoms with van der Waals surface area (Å²) in [5.74, 6) is -1.37. The number of nitrogens with one attached hydrogen (secondary N) is 2. The first-order chi connectivity index (χ1) is 12.4. The largest absolute Gasteiger partial charge is 0.664 e. The van der Waals surface area contributed by atoms with E-state index in [9.17, 15) is 22.2 Å². The number of hydrogen-bond acceptors (Lipinski definition) is 3. The highest BCUT2D eigenvalue weighted by Crippen LogP contribution is 2.28. The van der Waals surface area contributed by atoms with Gasteiger partial charge in [-0.2, -0.15) is 13.9 Å². The van der Waals surface area contributed by atoms with Gasteiger partial charge in [-0.15, -0.1) is 0 Å². The maximum absolute atomic E-state index is 13.0. The number of rotatable bonds is 6. The Morgan fingerprint density at radius 1 is 1.19 bits per heavy atom. The number of amides is 1. The van der Waals surface area contributed by atoms with E-state index in [0.29, 0.717) is 5.69 Å². The van der Waals surface area contributed by atoms with E-state index >= 15 is 0 Å². The summed E-state index contributed by atoms with van der Waals surface area (Å²) in [5, 5.41) is 8.71. The maximum Gasteiger partial charge on any atom is 0.664 e. The SMILES string of the molecule is CC.CC.O=C(NCc1ccn[nH]1)c1ccccc1OC(F)(F)B(F)F. The third-order valence-electron chi connectivity index (χ3n) is 2.63. The van der Waals surface area contributed by atoms with Crippen LogP contribution in [-0.2, 0) is 6.54 Å². The van der Waals surface area contributed by atoms with Crippen molar-refractivity contribution in [3.63, 3.8) is 0 Å². The van der Waals surface area contributed by atoms with Crippen molar-refractivity contribution < 1.29 is 26.9 Å². The number of alkyl halides is 2. The first kappa shape index (κ1) is 23.5. The Kier molecular flexibility index (Phi) is 10.8. The highest BCUT2D eigenvalue weighted by atomic mass is 19.3. The molecule has 0 spiro atoms. The minimum Gasteiger partial charge on any atom is -0.434 e. The van der Waals surface area contributed by atoms with Crippen molar-refractivity contribution in [2.45, 2.75) is 40.2 Å². The average molecular weight is 375 g/mol. The van der Waals surface area contributed by atoms with Gasteiger partial charge in [-0.3, -0.25) is 18.5 Å². The molecule has 10 heteroatoms. The zero-order chi connectivity index (χ0) is 20.2. The van der Waals surface area contributed by atoms with E-state index in [0.717, 1.165) is 6.07 Å². The number of hydrogen-bond donors (Lipinski definition) is 2. The van der Waals surface area contributed by atoms with E-state index in [1.807, 2.05) is 27.7 Å². The van der Waals surface area contributed by atoms with Gasteiger partial charge in [0.15, 0.2) is 0 Å². The Morgan fingerprint density at radius 3 is 2.35 bits per heavy atom. The van der Waals surface area contributed by atoms with Crippen LogP contribution in [0.3, 0.4) is 0 Å². The third kappa shape index (κ3) is 7.16. The molecule has 0 saturated heterocycles. The number of H-pyrrole nitrogens is 1. The van der Waals surface area contributed by atoms with Crippen LogP contribution in [0, 0.1) is 0 Å². The summed E-state index contributed by atoms with van der Waals surface area (Å²) in [6, 6.07) is 1.83. The molecule has 2 aromatic rings. The molecule has 0 fully saturated rings. The van der Waals surface area contributed by atoms with Crippen molar-refractivity contribution in [2.75, 3.05) is 0 Å². The number of carbonyl (C=O) groups excluding carboxylic acids is 1. The van der Waals surface area contributed by atoms with Crippen molar-refractivity contribution in [3.05, 3.63) is 47.8 Å². The van der Waals surface area contributed by atoms with Crippen LogP contribution < -0.4 is 10.1 Å². The van der Waals surface area contributed by atoms with Crippen LogP contribution >= 0.6 is 0 Å². The molecule has 0 atom stereocenters. The number of aromatic nitrogens is 2. The van der Waals surface area contributed by atoms with Gasteiger partial charge in [-0.05, 0) is 18.2 Å². The first-order valence-corrected chi connectivity index (χ1v) is 8.10. The van der Waals surface area contributed by atoms with Gasteiger partial charge < -0.3 is 10.1 Å². The third-order valence-corrected chi connectivity index (χ3v) is 2.63. The molecule has 1 heterocycles. The lowest BCUT2D eigenvalue weighted by atomic mass is 9.97. The summed E-state index contributed by atoms with van der Waals surface area (Å²) < 4.78 is 54.3. The van der Waals surface area contributed by atoms with Crippen molar-refractivity contribution in [1.29, 1.82) is 0 Å². The highest BCUT2D eigenvalue weighted by molar-refractivity contribution is 6.45. The molecule has 2 rings (SSSR count). The molecule has 2 N–H and O–H groups in total. The molecule has 0 radical (unpaired) electrons. The van der Waals surface area contributed by atoms with E-state index < -0.39 is 24.9 Å². The number of carbonyl (C=O) groups is 1. The quantitative estimate of drug-likeness (QED) is 0.584. The number of benzene rings is 1. The molecule has 0 saturated carbocycles. The molecule has 0 aliphatic rings. The molecule has 5 nitrogen and oxygen atoms in total. The second kappa shape index (κ2) is 11.9. The molecule has 1 amide bonds. The summed E-state index contributed by atoms with van der Waals surface area (Å²) in [7, 11) is -4.01. The predicted octanol–water partition coefficient (Wildman–Crippen LogP) is 4.33. The highest BCUT2D eigenvalue weighted by Gasteiger charge is 2.51. The van der Waals surface area contributed by atoms with Crippen LogP contribution in [0.4, 0.5) is 17.4 Å². The van der Waals surface area contributed by atoms with Crippen molar-refractivity contribution >= 4 is 13.2 Å². The lowest BCUT2D eigenvalue weighted by Gasteiger charge is -2.17. The Labute approximate surface area is 150 Å². The summed E-state index contributed by atoms with van der Waals surface area (Å²) in [6.45, 7) is 8.07. The fourth-order valence-corrected chi connectivity index (χ4v) is 1.59. The fraction of sp³-hybridized carbons (Fsp3) is 0.375. The lowest BCUT2D eigenvalue weighted by molar-refractivity contribution is -0.117. The Bertz CT molecular complexity index is 640. The smallest absolute Gasteiger partial charge is 0.434 e. The van der Waals surface area contributed by atoms with Crippen molar-refractivity contribution in [1.82, 2.24) is 15.5 Å². The van der Waals surface area contributed by atoms with Gasteiger partial charge >= 0.3 is 13.3 Å². The van der Waals surface area contributed by atoms with Crippen molar-refractivity contribution in [2.24, 2.45) is 0 Å². The van der Waals surface area contributed by atoms with E-state index in [2.05, 4.69) is 20.3 Å². The average Bonchev–Trinajstić information content (AvgIpc) is 3.17. The number of para-hydroxylation sites is 1. The normalized spacial score (nSPS) is 9.85. The summed E-state index contributed by atoms with van der Waals surface area (Å²) >= 11 is 0. The molecule has 144 valence electrons. The molecule has 1 aromatic heterocycles. The predicted molar refractivity (Wildman–Crippen MR) is 92.4 cm³/mol. The van der Waals surface area contributed by atoms with Gasteiger partial charge in [-0.1, -0.05) is 39.8 Å². The zero-order valence-electron chi connectivity index (χ0n) is 15.0. The van der Waals surface area contributed by atoms with Gasteiger partial charge in [0.25, 0.3) is 5.91 Å². The second-order valence-electron chi connectivity index (χ2n) is 4.23. The maximum atomic E-state index is 13.0. The number of nitrogens with zero attached hydrogens (tertiary/aromatic N) is 1. The van der Waals surface area contributed by atoms with Crippen LogP contribution in [0.1, 0.15) is 43.7 Å². The molecular weight excluding hydrogens is 353 g/mol. The van der Waals surface area contributed by atoms with Crippen LogP contribution in [0.15, 0.2) is 36.5 Å². The summed E-state index contributed by atoms with van der Waals surface area (Å²) in [4.78, 5) is 12.0. The van der Waals surface area contributed by atoms with Gasteiger partial charge in [0.05, 0.1) is 17.8 Å². The van der Waals surface area contributed by atoms with Crippen molar-refractivity contribution in [3.8, 4) is 5.75 Å². The van der Waals surface area contributed by atoms with E-state index in [1.54, 1.807) is 6.07 Å². The Hall–Kier alpha value is -2.52. The number of ether oxygens (including phenoxy) is 1. The van der Waals surface area contributed by atoms with Crippen LogP contribution in [0.2, 0.25) is 0 Å². The van der Waals surface area contributed by atoms with E-state index in [4.69, 9.17) is 0 Å². The van der Waals surface area contributed by atoms with E-state index in [1.165, 1.54) is 24.4 Å². The molecule has 0 aliphatic carbocycles. The van der Waals surface area contributed by atoms with Gasteiger partial charge in [0, 0.05) is 6.20 Å². The second-order valence-corrected chi connectivity index (χ2v) is 4.23. The monoisotopic (exact) mass is 375 g/mol. The van der Waals surface area contributed by atoms with Crippen LogP contribution in [0.5, 0.6) is 5.75 Å².